The molecule has 0 unspecified atom stereocenters. The van der Waals surface area contributed by atoms with Crippen molar-refractivity contribution >= 4 is 24.2 Å². The van der Waals surface area contributed by atoms with Gasteiger partial charge in [-0.05, 0) is 25.0 Å². The molecular weight excluding hydrogens is 316 g/mol. The SMILES string of the molecule is Cc1ccc(/C=N\NC(=O)CC(=O)N/N=C\c2ccc(C)cc2)cc1. The van der Waals surface area contributed by atoms with Gasteiger partial charge in [0.2, 0.25) is 11.8 Å². The molecule has 2 rings (SSSR count). The first-order chi connectivity index (χ1) is 12.0. The van der Waals surface area contributed by atoms with Gasteiger partial charge in [0, 0.05) is 0 Å². The number of hydrazone groups is 2. The van der Waals surface area contributed by atoms with Crippen LogP contribution in [0.3, 0.4) is 0 Å². The summed E-state index contributed by atoms with van der Waals surface area (Å²) in [6.45, 7) is 3.98. The number of aryl methyl sites for hydroxylation is 2. The highest BCUT2D eigenvalue weighted by Gasteiger charge is 2.07. The molecule has 0 fully saturated rings. The molecule has 128 valence electrons. The number of nitrogens with one attached hydrogen (secondary N) is 2. The maximum atomic E-state index is 11.6. The van der Waals surface area contributed by atoms with Crippen LogP contribution in [0.4, 0.5) is 0 Å². The van der Waals surface area contributed by atoms with Crippen LogP contribution in [-0.2, 0) is 9.59 Å². The van der Waals surface area contributed by atoms with Crippen LogP contribution in [0.15, 0.2) is 58.7 Å². The predicted molar refractivity (Wildman–Crippen MR) is 98.4 cm³/mol. The third-order valence-electron chi connectivity index (χ3n) is 3.28. The summed E-state index contributed by atoms with van der Waals surface area (Å²) in [7, 11) is 0. The summed E-state index contributed by atoms with van der Waals surface area (Å²) in [6.07, 6.45) is 2.69. The standard InChI is InChI=1S/C19H20N4O2/c1-14-3-7-16(8-4-14)12-20-22-18(24)11-19(25)23-21-13-17-9-5-15(2)6-10-17/h3-10,12-13H,11H2,1-2H3,(H,22,24)(H,23,25)/b20-12-,21-13-. The summed E-state index contributed by atoms with van der Waals surface area (Å²) in [4.78, 5) is 23.3. The monoisotopic (exact) mass is 336 g/mol. The molecular formula is C19H20N4O2. The van der Waals surface area contributed by atoms with Crippen LogP contribution in [0.25, 0.3) is 0 Å². The smallest absolute Gasteiger partial charge is 0.249 e. The lowest BCUT2D eigenvalue weighted by molar-refractivity contribution is -0.129. The molecule has 2 amide bonds. The van der Waals surface area contributed by atoms with Crippen LogP contribution in [0.1, 0.15) is 28.7 Å². The van der Waals surface area contributed by atoms with Gasteiger partial charge in [-0.15, -0.1) is 0 Å². The van der Waals surface area contributed by atoms with E-state index in [2.05, 4.69) is 21.1 Å². The fourth-order valence-corrected chi connectivity index (χ4v) is 1.89. The molecule has 0 spiro atoms. The van der Waals surface area contributed by atoms with Gasteiger partial charge in [-0.2, -0.15) is 10.2 Å². The van der Waals surface area contributed by atoms with Gasteiger partial charge >= 0.3 is 0 Å². The number of hydrogen-bond acceptors (Lipinski definition) is 4. The Bertz CT molecular complexity index is 711. The van der Waals surface area contributed by atoms with Crippen molar-refractivity contribution in [3.05, 3.63) is 70.8 Å². The van der Waals surface area contributed by atoms with Crippen molar-refractivity contribution in [3.8, 4) is 0 Å². The van der Waals surface area contributed by atoms with Gasteiger partial charge in [0.05, 0.1) is 12.4 Å². The molecule has 2 aromatic carbocycles. The first-order valence-electron chi connectivity index (χ1n) is 7.80. The molecule has 0 aliphatic carbocycles. The van der Waals surface area contributed by atoms with Gasteiger partial charge in [0.1, 0.15) is 6.42 Å². The zero-order valence-electron chi connectivity index (χ0n) is 14.2. The molecule has 0 radical (unpaired) electrons. The van der Waals surface area contributed by atoms with Crippen LogP contribution in [0, 0.1) is 13.8 Å². The lowest BCUT2D eigenvalue weighted by Crippen LogP contribution is -2.27. The Kier molecular flexibility index (Phi) is 6.59. The summed E-state index contributed by atoms with van der Waals surface area (Å²) in [5, 5.41) is 7.63. The number of rotatable bonds is 6. The number of nitrogens with zero attached hydrogens (tertiary/aromatic N) is 2. The molecule has 6 nitrogen and oxygen atoms in total. The number of benzene rings is 2. The highest BCUT2D eigenvalue weighted by atomic mass is 16.2. The van der Waals surface area contributed by atoms with E-state index in [1.807, 2.05) is 62.4 Å². The Morgan fingerprint density at radius 1 is 0.760 bits per heavy atom. The fraction of sp³-hybridized carbons (Fsp3) is 0.158. The normalized spacial score (nSPS) is 11.0. The third-order valence-corrected chi connectivity index (χ3v) is 3.28. The highest BCUT2D eigenvalue weighted by Crippen LogP contribution is 2.00. The number of amides is 2. The summed E-state index contributed by atoms with van der Waals surface area (Å²) < 4.78 is 0. The maximum Gasteiger partial charge on any atom is 0.249 e. The van der Waals surface area contributed by atoms with Crippen molar-refractivity contribution in [2.45, 2.75) is 20.3 Å². The molecule has 0 heterocycles. The fourth-order valence-electron chi connectivity index (χ4n) is 1.89. The molecule has 2 aromatic rings. The van der Waals surface area contributed by atoms with Crippen LogP contribution in [0.2, 0.25) is 0 Å². The number of hydrogen-bond donors (Lipinski definition) is 2. The van der Waals surface area contributed by atoms with Crippen molar-refractivity contribution < 1.29 is 9.59 Å². The molecule has 0 bridgehead atoms. The van der Waals surface area contributed by atoms with Gasteiger partial charge in [0.15, 0.2) is 0 Å². The second-order valence-corrected chi connectivity index (χ2v) is 5.58. The lowest BCUT2D eigenvalue weighted by atomic mass is 10.2. The van der Waals surface area contributed by atoms with Gasteiger partial charge in [-0.3, -0.25) is 9.59 Å². The van der Waals surface area contributed by atoms with E-state index >= 15 is 0 Å². The number of carbonyl (C=O) groups is 2. The van der Waals surface area contributed by atoms with Crippen LogP contribution >= 0.6 is 0 Å². The minimum Gasteiger partial charge on any atom is -0.273 e. The second kappa shape index (κ2) is 9.12. The van der Waals surface area contributed by atoms with Crippen molar-refractivity contribution in [1.29, 1.82) is 0 Å². The van der Waals surface area contributed by atoms with E-state index in [1.165, 1.54) is 12.4 Å². The van der Waals surface area contributed by atoms with Crippen LogP contribution in [-0.4, -0.2) is 24.2 Å². The average molecular weight is 336 g/mol. The third kappa shape index (κ3) is 6.78. The average Bonchev–Trinajstić information content (AvgIpc) is 2.58. The van der Waals surface area contributed by atoms with Crippen LogP contribution < -0.4 is 10.9 Å². The molecule has 0 aliphatic rings. The first kappa shape index (κ1) is 18.1. The van der Waals surface area contributed by atoms with E-state index in [4.69, 9.17) is 0 Å². The van der Waals surface area contributed by atoms with Crippen molar-refractivity contribution in [2.24, 2.45) is 10.2 Å². The summed E-state index contributed by atoms with van der Waals surface area (Å²) in [5.41, 5.74) is 8.62. The molecule has 0 saturated heterocycles. The van der Waals surface area contributed by atoms with Gasteiger partial charge in [-0.1, -0.05) is 59.7 Å². The van der Waals surface area contributed by atoms with Crippen molar-refractivity contribution in [2.75, 3.05) is 0 Å². The van der Waals surface area contributed by atoms with E-state index in [0.29, 0.717) is 0 Å². The summed E-state index contributed by atoms with van der Waals surface area (Å²) in [6, 6.07) is 15.3. The molecule has 6 heteroatoms. The molecule has 2 N–H and O–H groups in total. The Morgan fingerprint density at radius 2 is 1.12 bits per heavy atom. The maximum absolute atomic E-state index is 11.6. The largest absolute Gasteiger partial charge is 0.273 e. The minimum absolute atomic E-state index is 0.351. The van der Waals surface area contributed by atoms with Gasteiger partial charge in [-0.25, -0.2) is 10.9 Å². The summed E-state index contributed by atoms with van der Waals surface area (Å²) >= 11 is 0. The Hall–Kier alpha value is -3.28. The van der Waals surface area contributed by atoms with E-state index in [0.717, 1.165) is 22.3 Å². The minimum atomic E-state index is -0.508. The zero-order valence-corrected chi connectivity index (χ0v) is 14.2. The molecule has 0 aliphatic heterocycles. The van der Waals surface area contributed by atoms with Crippen molar-refractivity contribution in [1.82, 2.24) is 10.9 Å². The van der Waals surface area contributed by atoms with E-state index in [-0.39, 0.29) is 6.42 Å². The lowest BCUT2D eigenvalue weighted by Gasteiger charge is -2.00. The molecule has 0 saturated carbocycles. The first-order valence-corrected chi connectivity index (χ1v) is 7.80. The van der Waals surface area contributed by atoms with E-state index in [9.17, 15) is 9.59 Å². The molecule has 25 heavy (non-hydrogen) atoms. The summed E-state index contributed by atoms with van der Waals surface area (Å²) in [5.74, 6) is -1.02. The van der Waals surface area contributed by atoms with E-state index < -0.39 is 11.8 Å². The Morgan fingerprint density at radius 3 is 1.48 bits per heavy atom. The van der Waals surface area contributed by atoms with E-state index in [1.54, 1.807) is 0 Å². The highest BCUT2D eigenvalue weighted by molar-refractivity contribution is 5.97. The Balaban J connectivity index is 1.73. The zero-order chi connectivity index (χ0) is 18.1. The second-order valence-electron chi connectivity index (χ2n) is 5.58. The molecule has 0 aromatic heterocycles. The van der Waals surface area contributed by atoms with Gasteiger partial charge < -0.3 is 0 Å². The molecule has 0 atom stereocenters. The van der Waals surface area contributed by atoms with Gasteiger partial charge in [0.25, 0.3) is 0 Å². The Labute approximate surface area is 146 Å². The predicted octanol–water partition coefficient (Wildman–Crippen LogP) is 2.29. The van der Waals surface area contributed by atoms with Crippen molar-refractivity contribution in [3.63, 3.8) is 0 Å². The quantitative estimate of drug-likeness (QED) is 0.482. The number of carbonyl (C=O) groups excluding carboxylic acids is 2. The van der Waals surface area contributed by atoms with Crippen LogP contribution in [0.5, 0.6) is 0 Å². The topological polar surface area (TPSA) is 82.9 Å².